The number of rotatable bonds is 1. The van der Waals surface area contributed by atoms with Crippen molar-refractivity contribution >= 4 is 0 Å². The zero-order chi connectivity index (χ0) is 8.69. The maximum atomic E-state index is 11.9. The molecule has 1 unspecified atom stereocenters. The quantitative estimate of drug-likeness (QED) is 0.628. The van der Waals surface area contributed by atoms with E-state index < -0.39 is 12.3 Å². The van der Waals surface area contributed by atoms with Gasteiger partial charge >= 0.3 is 0 Å². The van der Waals surface area contributed by atoms with Crippen LogP contribution in [0.25, 0.3) is 0 Å². The van der Waals surface area contributed by atoms with Crippen LogP contribution in [0.3, 0.4) is 0 Å². The van der Waals surface area contributed by atoms with Crippen molar-refractivity contribution in [2.75, 3.05) is 13.1 Å². The van der Waals surface area contributed by atoms with Crippen molar-refractivity contribution in [2.45, 2.75) is 33.1 Å². The molecule has 0 aromatic heterocycles. The molecule has 0 aromatic carbocycles. The lowest BCUT2D eigenvalue weighted by atomic mass is 10.0. The number of alkyl halides is 2. The van der Waals surface area contributed by atoms with Gasteiger partial charge in [0.1, 0.15) is 0 Å². The summed E-state index contributed by atoms with van der Waals surface area (Å²) in [6.07, 6.45) is -0.544. The van der Waals surface area contributed by atoms with Gasteiger partial charge in [0.05, 0.1) is 0 Å². The van der Waals surface area contributed by atoms with Gasteiger partial charge in [-0.25, -0.2) is 8.78 Å². The molecule has 0 spiro atoms. The van der Waals surface area contributed by atoms with Gasteiger partial charge in [0, 0.05) is 12.5 Å². The van der Waals surface area contributed by atoms with Gasteiger partial charge in [-0.2, -0.15) is 0 Å². The minimum atomic E-state index is -2.13. The van der Waals surface area contributed by atoms with Crippen molar-refractivity contribution in [1.29, 1.82) is 0 Å². The average Bonchev–Trinajstić information content (AvgIpc) is 2.10. The van der Waals surface area contributed by atoms with Crippen LogP contribution in [0.4, 0.5) is 8.78 Å². The largest absolute Gasteiger partial charge is 0.316 e. The SMILES string of the molecule is CC.FC(F)C1CCCNC1. The molecule has 11 heavy (non-hydrogen) atoms. The summed E-state index contributed by atoms with van der Waals surface area (Å²) >= 11 is 0. The molecule has 0 aliphatic carbocycles. The van der Waals surface area contributed by atoms with Crippen molar-refractivity contribution in [3.05, 3.63) is 0 Å². The van der Waals surface area contributed by atoms with Crippen molar-refractivity contribution in [1.82, 2.24) is 5.32 Å². The smallest absolute Gasteiger partial charge is 0.242 e. The Morgan fingerprint density at radius 3 is 2.27 bits per heavy atom. The van der Waals surface area contributed by atoms with E-state index in [0.717, 1.165) is 13.0 Å². The lowest BCUT2D eigenvalue weighted by Crippen LogP contribution is -2.33. The van der Waals surface area contributed by atoms with Crippen LogP contribution in [-0.2, 0) is 0 Å². The van der Waals surface area contributed by atoms with Crippen LogP contribution in [0.2, 0.25) is 0 Å². The molecule has 0 saturated carbocycles. The molecule has 68 valence electrons. The number of halogens is 2. The fourth-order valence-electron chi connectivity index (χ4n) is 1.09. The molecule has 0 amide bonds. The van der Waals surface area contributed by atoms with E-state index in [1.807, 2.05) is 13.8 Å². The van der Waals surface area contributed by atoms with Gasteiger partial charge in [0.15, 0.2) is 0 Å². The molecule has 3 heteroatoms. The molecule has 1 fully saturated rings. The van der Waals surface area contributed by atoms with Gasteiger partial charge in [-0.05, 0) is 19.4 Å². The molecule has 1 N–H and O–H groups in total. The minimum Gasteiger partial charge on any atom is -0.316 e. The van der Waals surface area contributed by atoms with E-state index in [0.29, 0.717) is 13.0 Å². The maximum absolute atomic E-state index is 11.9. The fourth-order valence-corrected chi connectivity index (χ4v) is 1.09. The Morgan fingerprint density at radius 2 is 2.00 bits per heavy atom. The Kier molecular flexibility index (Phi) is 6.42. The van der Waals surface area contributed by atoms with E-state index in [9.17, 15) is 8.78 Å². The number of nitrogens with one attached hydrogen (secondary N) is 1. The summed E-state index contributed by atoms with van der Waals surface area (Å²) in [5, 5.41) is 2.94. The third kappa shape index (κ3) is 4.30. The molecular formula is C8H17F2N. The van der Waals surface area contributed by atoms with E-state index >= 15 is 0 Å². The van der Waals surface area contributed by atoms with Gasteiger partial charge in [-0.1, -0.05) is 13.8 Å². The zero-order valence-electron chi connectivity index (χ0n) is 7.24. The topological polar surface area (TPSA) is 12.0 Å². The van der Waals surface area contributed by atoms with Crippen LogP contribution >= 0.6 is 0 Å². The number of hydrogen-bond acceptors (Lipinski definition) is 1. The van der Waals surface area contributed by atoms with Gasteiger partial charge in [-0.15, -0.1) is 0 Å². The lowest BCUT2D eigenvalue weighted by Gasteiger charge is -2.21. The summed E-state index contributed by atoms with van der Waals surface area (Å²) < 4.78 is 23.8. The molecule has 0 aromatic rings. The monoisotopic (exact) mass is 165 g/mol. The van der Waals surface area contributed by atoms with Crippen molar-refractivity contribution < 1.29 is 8.78 Å². The summed E-state index contributed by atoms with van der Waals surface area (Å²) in [6, 6.07) is 0. The second-order valence-corrected chi connectivity index (χ2v) is 2.44. The summed E-state index contributed by atoms with van der Waals surface area (Å²) in [4.78, 5) is 0. The third-order valence-electron chi connectivity index (χ3n) is 1.69. The number of hydrogen-bond donors (Lipinski definition) is 1. The highest BCUT2D eigenvalue weighted by Crippen LogP contribution is 2.17. The van der Waals surface area contributed by atoms with E-state index in [2.05, 4.69) is 5.32 Å². The Labute approximate surface area is 67.2 Å². The predicted molar refractivity (Wildman–Crippen MR) is 42.9 cm³/mol. The van der Waals surface area contributed by atoms with Crippen molar-refractivity contribution in [3.8, 4) is 0 Å². The minimum absolute atomic E-state index is 0.390. The molecule has 1 atom stereocenters. The van der Waals surface area contributed by atoms with Crippen LogP contribution in [0, 0.1) is 5.92 Å². The lowest BCUT2D eigenvalue weighted by molar-refractivity contribution is 0.0633. The molecule has 0 bridgehead atoms. The van der Waals surface area contributed by atoms with Crippen LogP contribution in [0.1, 0.15) is 26.7 Å². The predicted octanol–water partition coefficient (Wildman–Crippen LogP) is 2.28. The third-order valence-corrected chi connectivity index (χ3v) is 1.69. The fraction of sp³-hybridized carbons (Fsp3) is 1.00. The first kappa shape index (κ1) is 10.8. The average molecular weight is 165 g/mol. The highest BCUT2D eigenvalue weighted by atomic mass is 19.3. The molecule has 1 rings (SSSR count). The van der Waals surface area contributed by atoms with Gasteiger partial charge < -0.3 is 5.32 Å². The van der Waals surface area contributed by atoms with Gasteiger partial charge in [0.25, 0.3) is 0 Å². The molecule has 1 aliphatic heterocycles. The molecular weight excluding hydrogens is 148 g/mol. The first-order valence-corrected chi connectivity index (χ1v) is 4.29. The van der Waals surface area contributed by atoms with Crippen LogP contribution < -0.4 is 5.32 Å². The Hall–Kier alpha value is -0.180. The summed E-state index contributed by atoms with van der Waals surface area (Å²) in [5.41, 5.74) is 0. The highest BCUT2D eigenvalue weighted by molar-refractivity contribution is 4.70. The summed E-state index contributed by atoms with van der Waals surface area (Å²) in [5.74, 6) is -0.390. The Balaban J connectivity index is 0.000000461. The van der Waals surface area contributed by atoms with E-state index in [1.54, 1.807) is 0 Å². The first-order valence-electron chi connectivity index (χ1n) is 4.29. The van der Waals surface area contributed by atoms with Crippen molar-refractivity contribution in [2.24, 2.45) is 5.92 Å². The standard InChI is InChI=1S/C6H11F2N.C2H6/c7-6(8)5-2-1-3-9-4-5;1-2/h5-6,9H,1-4H2;1-2H3. The summed E-state index contributed by atoms with van der Waals surface area (Å²) in [7, 11) is 0. The van der Waals surface area contributed by atoms with Gasteiger partial charge in [0.2, 0.25) is 6.43 Å². The second kappa shape index (κ2) is 6.53. The Morgan fingerprint density at radius 1 is 1.36 bits per heavy atom. The summed E-state index contributed by atoms with van der Waals surface area (Å²) in [6.45, 7) is 5.40. The second-order valence-electron chi connectivity index (χ2n) is 2.44. The highest BCUT2D eigenvalue weighted by Gasteiger charge is 2.21. The first-order chi connectivity index (χ1) is 5.30. The maximum Gasteiger partial charge on any atom is 0.242 e. The normalized spacial score (nSPS) is 24.3. The molecule has 0 radical (unpaired) electrons. The van der Waals surface area contributed by atoms with Crippen LogP contribution in [-0.4, -0.2) is 19.5 Å². The van der Waals surface area contributed by atoms with Crippen LogP contribution in [0.15, 0.2) is 0 Å². The Bertz CT molecular complexity index is 80.2. The van der Waals surface area contributed by atoms with Crippen molar-refractivity contribution in [3.63, 3.8) is 0 Å². The van der Waals surface area contributed by atoms with E-state index in [4.69, 9.17) is 0 Å². The zero-order valence-corrected chi connectivity index (χ0v) is 7.24. The molecule has 1 saturated heterocycles. The van der Waals surface area contributed by atoms with Crippen LogP contribution in [0.5, 0.6) is 0 Å². The van der Waals surface area contributed by atoms with Gasteiger partial charge in [-0.3, -0.25) is 0 Å². The molecule has 1 heterocycles. The van der Waals surface area contributed by atoms with E-state index in [-0.39, 0.29) is 0 Å². The molecule has 1 aliphatic rings. The number of piperidine rings is 1. The van der Waals surface area contributed by atoms with E-state index in [1.165, 1.54) is 0 Å². The molecule has 1 nitrogen and oxygen atoms in total.